The predicted molar refractivity (Wildman–Crippen MR) is 119 cm³/mol. The molecule has 4 N–H and O–H groups in total. The number of nitrogens with zero attached hydrogens (tertiary/aromatic N) is 1. The number of primary amides is 1. The molecule has 0 bridgehead atoms. The van der Waals surface area contributed by atoms with Crippen LogP contribution in [-0.4, -0.2) is 41.5 Å². The highest BCUT2D eigenvalue weighted by molar-refractivity contribution is 7.17. The van der Waals surface area contributed by atoms with Gasteiger partial charge in [0.15, 0.2) is 0 Å². The third kappa shape index (κ3) is 4.58. The van der Waals surface area contributed by atoms with E-state index < -0.39 is 5.91 Å². The molecule has 0 saturated carbocycles. The van der Waals surface area contributed by atoms with Gasteiger partial charge in [-0.2, -0.15) is 0 Å². The Morgan fingerprint density at radius 2 is 1.90 bits per heavy atom. The van der Waals surface area contributed by atoms with E-state index in [1.807, 2.05) is 24.3 Å². The third-order valence-corrected chi connectivity index (χ3v) is 7.34. The minimum absolute atomic E-state index is 0.134. The van der Waals surface area contributed by atoms with Gasteiger partial charge in [0.1, 0.15) is 5.00 Å². The Balaban J connectivity index is 1.47. The quantitative estimate of drug-likeness (QED) is 0.660. The van der Waals surface area contributed by atoms with E-state index in [0.29, 0.717) is 22.5 Å². The van der Waals surface area contributed by atoms with Gasteiger partial charge >= 0.3 is 0 Å². The van der Waals surface area contributed by atoms with Crippen LogP contribution in [0.3, 0.4) is 0 Å². The van der Waals surface area contributed by atoms with Gasteiger partial charge in [-0.3, -0.25) is 14.5 Å². The Labute approximate surface area is 181 Å². The fourth-order valence-corrected chi connectivity index (χ4v) is 5.83. The highest BCUT2D eigenvalue weighted by atomic mass is 32.1. The van der Waals surface area contributed by atoms with Gasteiger partial charge in [0.25, 0.3) is 11.8 Å². The number of likely N-dealkylation sites (tertiary alicyclic amines) is 1. The zero-order valence-electron chi connectivity index (χ0n) is 17.2. The molecule has 1 saturated heterocycles. The molecule has 2 amide bonds. The number of hydrogen-bond donors (Lipinski definition) is 3. The summed E-state index contributed by atoms with van der Waals surface area (Å²) in [6, 6.07) is 7.69. The number of nitrogens with two attached hydrogens (primary N) is 1. The number of hydrogen-bond acceptors (Lipinski definition) is 5. The van der Waals surface area contributed by atoms with E-state index in [0.717, 1.165) is 42.9 Å². The van der Waals surface area contributed by atoms with Crippen molar-refractivity contribution in [1.29, 1.82) is 0 Å². The third-order valence-electron chi connectivity index (χ3n) is 6.17. The maximum Gasteiger partial charge on any atom is 0.256 e. The van der Waals surface area contributed by atoms with Crippen molar-refractivity contribution in [3.05, 3.63) is 51.4 Å². The highest BCUT2D eigenvalue weighted by Gasteiger charge is 2.28. The molecule has 0 spiro atoms. The second-order valence-electron chi connectivity index (χ2n) is 8.35. The standard InChI is InChI=1S/C23H29N3O3S/c24-21(28)20-18-9-6-16(14-27)12-19(18)30-23(20)25-22(29)17-7-4-15(5-8-17)13-26-10-2-1-3-11-26/h4-5,7-8,16,27H,1-3,6,9-14H2,(H2,24,28)(H,25,29). The first-order chi connectivity index (χ1) is 14.5. The van der Waals surface area contributed by atoms with Crippen LogP contribution in [0.25, 0.3) is 0 Å². The van der Waals surface area contributed by atoms with Crippen molar-refractivity contribution in [2.24, 2.45) is 11.7 Å². The number of piperidine rings is 1. The smallest absolute Gasteiger partial charge is 0.256 e. The van der Waals surface area contributed by atoms with Gasteiger partial charge in [-0.15, -0.1) is 11.3 Å². The van der Waals surface area contributed by atoms with Crippen molar-refractivity contribution in [3.8, 4) is 0 Å². The Bertz CT molecular complexity index is 917. The molecule has 2 aliphatic rings. The lowest BCUT2D eigenvalue weighted by atomic mass is 9.87. The van der Waals surface area contributed by atoms with Crippen molar-refractivity contribution in [1.82, 2.24) is 4.90 Å². The lowest BCUT2D eigenvalue weighted by molar-refractivity contribution is 0.1000. The van der Waals surface area contributed by atoms with Crippen LogP contribution in [0.4, 0.5) is 5.00 Å². The molecule has 7 heteroatoms. The second-order valence-corrected chi connectivity index (χ2v) is 9.46. The number of rotatable bonds is 6. The molecule has 1 aromatic heterocycles. The highest BCUT2D eigenvalue weighted by Crippen LogP contribution is 2.39. The van der Waals surface area contributed by atoms with Gasteiger partial charge in [-0.05, 0) is 74.4 Å². The van der Waals surface area contributed by atoms with E-state index in [9.17, 15) is 14.7 Å². The van der Waals surface area contributed by atoms with Gasteiger partial charge in [-0.1, -0.05) is 18.6 Å². The van der Waals surface area contributed by atoms with Crippen molar-refractivity contribution in [2.75, 3.05) is 25.0 Å². The summed E-state index contributed by atoms with van der Waals surface area (Å²) in [6.07, 6.45) is 6.08. The maximum absolute atomic E-state index is 12.8. The molecule has 1 aromatic carbocycles. The first kappa shape index (κ1) is 21.0. The average molecular weight is 428 g/mol. The summed E-state index contributed by atoms with van der Waals surface area (Å²) in [5.74, 6) is -0.547. The molecule has 1 atom stereocenters. The number of benzene rings is 1. The van der Waals surface area contributed by atoms with E-state index in [4.69, 9.17) is 5.73 Å². The number of amides is 2. The fourth-order valence-electron chi connectivity index (χ4n) is 4.47. The van der Waals surface area contributed by atoms with E-state index >= 15 is 0 Å². The van der Waals surface area contributed by atoms with Crippen LogP contribution in [0.15, 0.2) is 24.3 Å². The molecule has 0 radical (unpaired) electrons. The summed E-state index contributed by atoms with van der Waals surface area (Å²) in [5.41, 5.74) is 8.77. The predicted octanol–water partition coefficient (Wildman–Crippen LogP) is 3.18. The zero-order valence-corrected chi connectivity index (χ0v) is 18.0. The molecular formula is C23H29N3O3S. The van der Waals surface area contributed by atoms with Crippen LogP contribution in [-0.2, 0) is 19.4 Å². The van der Waals surface area contributed by atoms with Crippen LogP contribution in [0, 0.1) is 5.92 Å². The summed E-state index contributed by atoms with van der Waals surface area (Å²) < 4.78 is 0. The fraction of sp³-hybridized carbons (Fsp3) is 0.478. The number of nitrogens with one attached hydrogen (secondary N) is 1. The first-order valence-electron chi connectivity index (χ1n) is 10.7. The number of aliphatic hydroxyl groups is 1. The molecule has 1 unspecified atom stereocenters. The Morgan fingerprint density at radius 3 is 2.57 bits per heavy atom. The van der Waals surface area contributed by atoms with Crippen LogP contribution in [0.5, 0.6) is 0 Å². The summed E-state index contributed by atoms with van der Waals surface area (Å²) in [4.78, 5) is 28.4. The van der Waals surface area contributed by atoms with Crippen LogP contribution >= 0.6 is 11.3 Å². The van der Waals surface area contributed by atoms with E-state index in [-0.39, 0.29) is 18.4 Å². The molecular weight excluding hydrogens is 398 g/mol. The number of carbonyl (C=O) groups is 2. The number of anilines is 1. The number of carbonyl (C=O) groups excluding carboxylic acids is 2. The lowest BCUT2D eigenvalue weighted by Crippen LogP contribution is -2.29. The number of aliphatic hydroxyl groups excluding tert-OH is 1. The van der Waals surface area contributed by atoms with Gasteiger partial charge in [0.05, 0.1) is 5.56 Å². The minimum Gasteiger partial charge on any atom is -0.396 e. The molecule has 2 aromatic rings. The largest absolute Gasteiger partial charge is 0.396 e. The van der Waals surface area contributed by atoms with Gasteiger partial charge in [-0.25, -0.2) is 0 Å². The van der Waals surface area contributed by atoms with E-state index in [1.165, 1.54) is 36.2 Å². The number of thiophene rings is 1. The zero-order chi connectivity index (χ0) is 21.1. The Morgan fingerprint density at radius 1 is 1.17 bits per heavy atom. The Hall–Kier alpha value is -2.22. The summed E-state index contributed by atoms with van der Waals surface area (Å²) in [6.45, 7) is 3.32. The maximum atomic E-state index is 12.8. The average Bonchev–Trinajstić information content (AvgIpc) is 3.12. The first-order valence-corrected chi connectivity index (χ1v) is 11.5. The van der Waals surface area contributed by atoms with Crippen LogP contribution in [0.2, 0.25) is 0 Å². The van der Waals surface area contributed by atoms with E-state index in [1.54, 1.807) is 0 Å². The molecule has 30 heavy (non-hydrogen) atoms. The molecule has 1 aliphatic carbocycles. The van der Waals surface area contributed by atoms with E-state index in [2.05, 4.69) is 10.2 Å². The van der Waals surface area contributed by atoms with Crippen LogP contribution < -0.4 is 11.1 Å². The molecule has 160 valence electrons. The lowest BCUT2D eigenvalue weighted by Gasteiger charge is -2.26. The van der Waals surface area contributed by atoms with Gasteiger partial charge in [0, 0.05) is 23.6 Å². The SMILES string of the molecule is NC(=O)c1c(NC(=O)c2ccc(CN3CCCCC3)cc2)sc2c1CCC(CO)C2. The monoisotopic (exact) mass is 427 g/mol. The molecule has 2 heterocycles. The normalized spacial score (nSPS) is 19.3. The topological polar surface area (TPSA) is 95.7 Å². The molecule has 1 aliphatic heterocycles. The Kier molecular flexibility index (Phi) is 6.51. The van der Waals surface area contributed by atoms with Crippen LogP contribution in [0.1, 0.15) is 62.4 Å². The van der Waals surface area contributed by atoms with Crippen molar-refractivity contribution >= 4 is 28.2 Å². The molecule has 4 rings (SSSR count). The summed E-state index contributed by atoms with van der Waals surface area (Å²) in [7, 11) is 0. The summed E-state index contributed by atoms with van der Waals surface area (Å²) >= 11 is 1.41. The van der Waals surface area contributed by atoms with Gasteiger partial charge in [0.2, 0.25) is 0 Å². The number of fused-ring (bicyclic) bond motifs is 1. The van der Waals surface area contributed by atoms with Crippen molar-refractivity contribution in [2.45, 2.75) is 45.1 Å². The van der Waals surface area contributed by atoms with Crippen molar-refractivity contribution < 1.29 is 14.7 Å². The molecule has 1 fully saturated rings. The summed E-state index contributed by atoms with van der Waals surface area (Å²) in [5, 5.41) is 12.9. The molecule has 6 nitrogen and oxygen atoms in total. The second kappa shape index (κ2) is 9.29. The minimum atomic E-state index is -0.512. The van der Waals surface area contributed by atoms with Crippen molar-refractivity contribution in [3.63, 3.8) is 0 Å². The van der Waals surface area contributed by atoms with Gasteiger partial charge < -0.3 is 16.2 Å².